The van der Waals surface area contributed by atoms with Crippen LogP contribution in [0.4, 0.5) is 36.8 Å². The number of rotatable bonds is 9. The molecule has 0 aliphatic heterocycles. The molecule has 0 aliphatic rings. The lowest BCUT2D eigenvalue weighted by molar-refractivity contribution is -0.143. The zero-order valence-corrected chi connectivity index (χ0v) is 24.4. The number of hydrogen-bond donors (Lipinski definition) is 1. The normalized spacial score (nSPS) is 11.3. The van der Waals surface area contributed by atoms with Gasteiger partial charge in [0.2, 0.25) is 0 Å². The van der Waals surface area contributed by atoms with Gasteiger partial charge in [-0.05, 0) is 77.4 Å². The van der Waals surface area contributed by atoms with Gasteiger partial charge in [0.05, 0.1) is 29.3 Å². The van der Waals surface area contributed by atoms with Crippen LogP contribution < -0.4 is 15.0 Å². The highest BCUT2D eigenvalue weighted by Gasteiger charge is 2.37. The SMILES string of the molecule is N#Cc1ccc(-c2ccc(OC(=O)N(Cc3cc(C(F)(F)F)cc(C(F)(F)F)c3)c3cccc(C(=O)NCCC(=O)N=O)c3)cc2)cc1. The van der Waals surface area contributed by atoms with E-state index in [0.29, 0.717) is 23.3 Å². The molecule has 1 N–H and O–H groups in total. The lowest BCUT2D eigenvalue weighted by Gasteiger charge is -2.24. The first-order valence-corrected chi connectivity index (χ1v) is 13.8. The van der Waals surface area contributed by atoms with Crippen molar-refractivity contribution >= 4 is 23.6 Å². The van der Waals surface area contributed by atoms with E-state index in [1.807, 2.05) is 6.07 Å². The Morgan fingerprint density at radius 1 is 0.812 bits per heavy atom. The largest absolute Gasteiger partial charge is 0.420 e. The second-order valence-corrected chi connectivity index (χ2v) is 10.1. The molecule has 0 aliphatic carbocycles. The number of nitriles is 1. The molecule has 9 nitrogen and oxygen atoms in total. The quantitative estimate of drug-likeness (QED) is 0.143. The van der Waals surface area contributed by atoms with Crippen molar-refractivity contribution in [2.75, 3.05) is 11.4 Å². The molecule has 4 aromatic carbocycles. The average Bonchev–Trinajstić information content (AvgIpc) is 3.06. The molecule has 0 radical (unpaired) electrons. The van der Waals surface area contributed by atoms with Crippen LogP contribution in [0, 0.1) is 16.2 Å². The molecule has 0 aromatic heterocycles. The monoisotopic (exact) mass is 668 g/mol. The molecular weight excluding hydrogens is 646 g/mol. The van der Waals surface area contributed by atoms with Gasteiger partial charge in [0.25, 0.3) is 11.8 Å². The van der Waals surface area contributed by atoms with Crippen molar-refractivity contribution in [2.24, 2.45) is 5.18 Å². The van der Waals surface area contributed by atoms with Gasteiger partial charge in [-0.15, -0.1) is 4.91 Å². The van der Waals surface area contributed by atoms with Crippen LogP contribution in [0.3, 0.4) is 0 Å². The number of hydrogen-bond acceptors (Lipinski definition) is 6. The number of nitroso groups, excluding NO2 is 1. The van der Waals surface area contributed by atoms with Crippen molar-refractivity contribution in [3.8, 4) is 22.9 Å². The lowest BCUT2D eigenvalue weighted by atomic mass is 10.0. The Labute approximate surface area is 268 Å². The highest BCUT2D eigenvalue weighted by molar-refractivity contribution is 5.97. The molecular formula is C33H22F6N4O5. The van der Waals surface area contributed by atoms with Gasteiger partial charge in [-0.1, -0.05) is 30.3 Å². The van der Waals surface area contributed by atoms with E-state index in [2.05, 4.69) is 10.5 Å². The first-order chi connectivity index (χ1) is 22.7. The third kappa shape index (κ3) is 9.03. The van der Waals surface area contributed by atoms with Gasteiger partial charge in [-0.2, -0.15) is 31.6 Å². The summed E-state index contributed by atoms with van der Waals surface area (Å²) in [6, 6.07) is 20.5. The molecule has 246 valence electrons. The molecule has 48 heavy (non-hydrogen) atoms. The smallest absolute Gasteiger partial charge is 0.410 e. The Kier molecular flexibility index (Phi) is 10.6. The van der Waals surface area contributed by atoms with E-state index in [-0.39, 0.29) is 29.6 Å². The van der Waals surface area contributed by atoms with Crippen LogP contribution in [0.2, 0.25) is 0 Å². The van der Waals surface area contributed by atoms with Gasteiger partial charge >= 0.3 is 18.4 Å². The third-order valence-corrected chi connectivity index (χ3v) is 6.76. The van der Waals surface area contributed by atoms with E-state index in [0.717, 1.165) is 16.5 Å². The minimum atomic E-state index is -5.14. The number of anilines is 1. The minimum absolute atomic E-state index is 0.0234. The highest BCUT2D eigenvalue weighted by Crippen LogP contribution is 2.37. The predicted octanol–water partition coefficient (Wildman–Crippen LogP) is 7.88. The summed E-state index contributed by atoms with van der Waals surface area (Å²) in [6.07, 6.45) is -11.9. The Morgan fingerprint density at radius 3 is 1.94 bits per heavy atom. The highest BCUT2D eigenvalue weighted by atomic mass is 19.4. The summed E-state index contributed by atoms with van der Waals surface area (Å²) in [4.78, 5) is 48.3. The van der Waals surface area contributed by atoms with Gasteiger partial charge in [0.1, 0.15) is 5.75 Å². The fourth-order valence-corrected chi connectivity index (χ4v) is 4.41. The number of ether oxygens (including phenoxy) is 1. The first kappa shape index (κ1) is 34.8. The van der Waals surface area contributed by atoms with E-state index in [9.17, 15) is 45.6 Å². The molecule has 3 amide bonds. The van der Waals surface area contributed by atoms with E-state index < -0.39 is 59.9 Å². The summed E-state index contributed by atoms with van der Waals surface area (Å²) in [5.74, 6) is -1.80. The van der Waals surface area contributed by atoms with Crippen LogP contribution in [0.5, 0.6) is 5.75 Å². The van der Waals surface area contributed by atoms with E-state index in [4.69, 9.17) is 10.00 Å². The maximum atomic E-state index is 13.6. The van der Waals surface area contributed by atoms with Gasteiger partial charge in [0, 0.05) is 29.4 Å². The van der Waals surface area contributed by atoms with Crippen LogP contribution >= 0.6 is 0 Å². The minimum Gasteiger partial charge on any atom is -0.410 e. The Morgan fingerprint density at radius 2 is 1.40 bits per heavy atom. The van der Waals surface area contributed by atoms with Crippen LogP contribution in [-0.4, -0.2) is 24.5 Å². The molecule has 0 saturated carbocycles. The molecule has 0 heterocycles. The Hall–Kier alpha value is -6.04. The molecule has 0 unspecified atom stereocenters. The molecule has 0 bridgehead atoms. The van der Waals surface area contributed by atoms with Crippen molar-refractivity contribution < 1.29 is 45.5 Å². The number of carbonyl (C=O) groups is 3. The Bertz CT molecular complexity index is 1840. The van der Waals surface area contributed by atoms with Crippen molar-refractivity contribution in [3.05, 3.63) is 124 Å². The second-order valence-electron chi connectivity index (χ2n) is 10.1. The number of nitrogens with zero attached hydrogens (tertiary/aromatic N) is 3. The van der Waals surface area contributed by atoms with Crippen molar-refractivity contribution in [3.63, 3.8) is 0 Å². The molecule has 4 rings (SSSR count). The summed E-state index contributed by atoms with van der Waals surface area (Å²) in [7, 11) is 0. The van der Waals surface area contributed by atoms with Gasteiger partial charge < -0.3 is 10.1 Å². The molecule has 0 atom stereocenters. The van der Waals surface area contributed by atoms with Crippen LogP contribution in [0.1, 0.15) is 39.0 Å². The number of nitrogens with one attached hydrogen (secondary N) is 1. The van der Waals surface area contributed by atoms with E-state index in [1.165, 1.54) is 30.3 Å². The zero-order valence-electron chi connectivity index (χ0n) is 24.4. The average molecular weight is 669 g/mol. The number of halogens is 6. The van der Waals surface area contributed by atoms with Crippen molar-refractivity contribution in [1.29, 1.82) is 5.26 Å². The molecule has 0 spiro atoms. The van der Waals surface area contributed by atoms with E-state index in [1.54, 1.807) is 36.4 Å². The molecule has 0 saturated heterocycles. The summed E-state index contributed by atoms with van der Waals surface area (Å²) < 4.78 is 86.9. The van der Waals surface area contributed by atoms with E-state index >= 15 is 0 Å². The summed E-state index contributed by atoms with van der Waals surface area (Å²) >= 11 is 0. The number of carbonyl (C=O) groups excluding carboxylic acids is 3. The second kappa shape index (κ2) is 14.6. The topological polar surface area (TPSA) is 129 Å². The summed E-state index contributed by atoms with van der Waals surface area (Å²) in [6.45, 7) is -1.10. The maximum absolute atomic E-state index is 13.6. The summed E-state index contributed by atoms with van der Waals surface area (Å²) in [5, 5.41) is 13.6. The number of alkyl halides is 6. The molecule has 15 heteroatoms. The van der Waals surface area contributed by atoms with Gasteiger partial charge in [-0.25, -0.2) is 4.79 Å². The van der Waals surface area contributed by atoms with Crippen LogP contribution in [-0.2, 0) is 23.7 Å². The lowest BCUT2D eigenvalue weighted by Crippen LogP contribution is -2.34. The number of benzene rings is 4. The van der Waals surface area contributed by atoms with Crippen LogP contribution in [0.25, 0.3) is 11.1 Å². The predicted molar refractivity (Wildman–Crippen MR) is 159 cm³/mol. The maximum Gasteiger partial charge on any atom is 0.420 e. The van der Waals surface area contributed by atoms with Crippen molar-refractivity contribution in [2.45, 2.75) is 25.3 Å². The Balaban J connectivity index is 1.68. The van der Waals surface area contributed by atoms with Gasteiger partial charge in [0.15, 0.2) is 0 Å². The third-order valence-electron chi connectivity index (χ3n) is 6.76. The fourth-order valence-electron chi connectivity index (χ4n) is 4.41. The zero-order chi connectivity index (χ0) is 35.1. The first-order valence-electron chi connectivity index (χ1n) is 13.8. The standard InChI is InChI=1S/C33H22F6N4O5/c34-32(35,36)25-14-21(15-26(17-25)33(37,38)39)19-43(27-3-1-2-24(16-27)30(45)41-13-12-29(44)42-47)31(46)48-28-10-8-23(9-11-28)22-6-4-20(18-40)5-7-22/h1-11,14-17H,12-13,19H2,(H,41,45). The number of amides is 3. The molecule has 0 fully saturated rings. The molecule has 4 aromatic rings. The van der Waals surface area contributed by atoms with Gasteiger partial charge in [-0.3, -0.25) is 14.5 Å². The summed E-state index contributed by atoms with van der Waals surface area (Å²) in [5.41, 5.74) is -2.08. The van der Waals surface area contributed by atoms with Crippen molar-refractivity contribution in [1.82, 2.24) is 5.32 Å². The van der Waals surface area contributed by atoms with Crippen LogP contribution in [0.15, 0.2) is 96.2 Å². The fraction of sp³-hybridized carbons (Fsp3) is 0.152.